The molecular weight excluding hydrogens is 200 g/mol. The number of hydrogen-bond acceptors (Lipinski definition) is 5. The van der Waals surface area contributed by atoms with Gasteiger partial charge in [0.1, 0.15) is 12.2 Å². The van der Waals surface area contributed by atoms with Crippen molar-refractivity contribution in [1.29, 1.82) is 0 Å². The van der Waals surface area contributed by atoms with Gasteiger partial charge in [-0.15, -0.1) is 0 Å². The van der Waals surface area contributed by atoms with Gasteiger partial charge in [-0.25, -0.2) is 4.98 Å². The highest BCUT2D eigenvalue weighted by atomic mass is 16.5. The molecule has 0 spiro atoms. The van der Waals surface area contributed by atoms with Gasteiger partial charge in [0, 0.05) is 6.20 Å². The van der Waals surface area contributed by atoms with Gasteiger partial charge in [-0.2, -0.15) is 4.98 Å². The third-order valence-corrected chi connectivity index (χ3v) is 1.70. The minimum absolute atomic E-state index is 0.139. The summed E-state index contributed by atoms with van der Waals surface area (Å²) in [6.45, 7) is 1.56. The van der Waals surface area contributed by atoms with E-state index in [-0.39, 0.29) is 12.4 Å². The lowest BCUT2D eigenvalue weighted by molar-refractivity contribution is -0.137. The standard InChI is InChI=1S/C8H8N4O3/c1-5-10-8(15-11-5)6-2-12(4-9-6)3-7(13)14/h2,4H,3H2,1H3,(H,13,14). The van der Waals surface area contributed by atoms with Crippen molar-refractivity contribution in [2.75, 3.05) is 0 Å². The van der Waals surface area contributed by atoms with Gasteiger partial charge in [-0.1, -0.05) is 5.16 Å². The van der Waals surface area contributed by atoms with Crippen LogP contribution in [0.3, 0.4) is 0 Å². The van der Waals surface area contributed by atoms with Crippen molar-refractivity contribution in [3.63, 3.8) is 0 Å². The molecule has 2 rings (SSSR count). The summed E-state index contributed by atoms with van der Waals surface area (Å²) in [7, 11) is 0. The molecule has 0 aliphatic rings. The lowest BCUT2D eigenvalue weighted by Gasteiger charge is -1.92. The Morgan fingerprint density at radius 2 is 2.47 bits per heavy atom. The predicted octanol–water partition coefficient (Wildman–Crippen LogP) is 0.326. The molecule has 7 nitrogen and oxygen atoms in total. The van der Waals surface area contributed by atoms with Crippen LogP contribution >= 0.6 is 0 Å². The fraction of sp³-hybridized carbons (Fsp3) is 0.250. The van der Waals surface area contributed by atoms with Gasteiger partial charge in [0.05, 0.1) is 6.33 Å². The summed E-state index contributed by atoms with van der Waals surface area (Å²) in [5, 5.41) is 12.2. The summed E-state index contributed by atoms with van der Waals surface area (Å²) >= 11 is 0. The Balaban J connectivity index is 2.23. The number of carboxylic acid groups (broad SMARTS) is 1. The molecule has 0 radical (unpaired) electrons. The summed E-state index contributed by atoms with van der Waals surface area (Å²) < 4.78 is 6.31. The molecule has 2 aromatic rings. The molecule has 0 fully saturated rings. The summed E-state index contributed by atoms with van der Waals surface area (Å²) in [4.78, 5) is 18.3. The average molecular weight is 208 g/mol. The van der Waals surface area contributed by atoms with Crippen LogP contribution in [0.4, 0.5) is 0 Å². The zero-order valence-corrected chi connectivity index (χ0v) is 7.91. The molecule has 0 amide bonds. The van der Waals surface area contributed by atoms with Crippen LogP contribution in [0.25, 0.3) is 11.6 Å². The minimum atomic E-state index is -0.930. The molecule has 0 saturated carbocycles. The quantitative estimate of drug-likeness (QED) is 0.780. The monoisotopic (exact) mass is 208 g/mol. The molecule has 0 aliphatic carbocycles. The summed E-state index contributed by atoms with van der Waals surface area (Å²) in [6, 6.07) is 0. The number of imidazole rings is 1. The van der Waals surface area contributed by atoms with Gasteiger partial charge in [0.15, 0.2) is 5.82 Å². The van der Waals surface area contributed by atoms with Gasteiger partial charge >= 0.3 is 5.97 Å². The topological polar surface area (TPSA) is 94.0 Å². The van der Waals surface area contributed by atoms with Gasteiger partial charge in [0.2, 0.25) is 0 Å². The molecule has 78 valence electrons. The van der Waals surface area contributed by atoms with E-state index < -0.39 is 5.97 Å². The zero-order chi connectivity index (χ0) is 10.8. The molecule has 1 N–H and O–H groups in total. The number of aromatic nitrogens is 4. The predicted molar refractivity (Wildman–Crippen MR) is 47.9 cm³/mol. The zero-order valence-electron chi connectivity index (χ0n) is 7.91. The smallest absolute Gasteiger partial charge is 0.323 e. The molecule has 0 aromatic carbocycles. The molecule has 2 aromatic heterocycles. The van der Waals surface area contributed by atoms with Gasteiger partial charge in [0.25, 0.3) is 5.89 Å². The van der Waals surface area contributed by atoms with Crippen LogP contribution in [0.15, 0.2) is 17.0 Å². The Morgan fingerprint density at radius 3 is 3.07 bits per heavy atom. The second-order valence-corrected chi connectivity index (χ2v) is 2.97. The molecule has 0 aliphatic heterocycles. The van der Waals surface area contributed by atoms with E-state index in [4.69, 9.17) is 9.63 Å². The van der Waals surface area contributed by atoms with Crippen molar-refractivity contribution in [2.45, 2.75) is 13.5 Å². The first-order chi connectivity index (χ1) is 7.15. The number of carboxylic acids is 1. The van der Waals surface area contributed by atoms with Gasteiger partial charge < -0.3 is 14.2 Å². The third kappa shape index (κ3) is 2.01. The van der Waals surface area contributed by atoms with E-state index in [1.54, 1.807) is 13.1 Å². The number of carbonyl (C=O) groups is 1. The molecule has 2 heterocycles. The van der Waals surface area contributed by atoms with Crippen LogP contribution in [0.1, 0.15) is 5.82 Å². The van der Waals surface area contributed by atoms with Crippen molar-refractivity contribution in [3.8, 4) is 11.6 Å². The number of aliphatic carboxylic acids is 1. The van der Waals surface area contributed by atoms with E-state index in [2.05, 4.69) is 15.1 Å². The molecule has 15 heavy (non-hydrogen) atoms. The van der Waals surface area contributed by atoms with Gasteiger partial charge in [-0.3, -0.25) is 4.79 Å². The van der Waals surface area contributed by atoms with Crippen LogP contribution in [0.2, 0.25) is 0 Å². The SMILES string of the molecule is Cc1noc(-c2cn(CC(=O)O)cn2)n1. The van der Waals surface area contributed by atoms with Crippen molar-refractivity contribution in [3.05, 3.63) is 18.3 Å². The van der Waals surface area contributed by atoms with Crippen molar-refractivity contribution >= 4 is 5.97 Å². The van der Waals surface area contributed by atoms with E-state index in [0.717, 1.165) is 0 Å². The minimum Gasteiger partial charge on any atom is -0.480 e. The van der Waals surface area contributed by atoms with Crippen LogP contribution < -0.4 is 0 Å². The highest BCUT2D eigenvalue weighted by molar-refractivity contribution is 5.66. The fourth-order valence-corrected chi connectivity index (χ4v) is 1.11. The second-order valence-electron chi connectivity index (χ2n) is 2.97. The molecule has 0 atom stereocenters. The highest BCUT2D eigenvalue weighted by Crippen LogP contribution is 2.13. The van der Waals surface area contributed by atoms with Crippen molar-refractivity contribution < 1.29 is 14.4 Å². The van der Waals surface area contributed by atoms with Crippen LogP contribution in [0, 0.1) is 6.92 Å². The first kappa shape index (κ1) is 9.38. The maximum Gasteiger partial charge on any atom is 0.323 e. The number of hydrogen-bond donors (Lipinski definition) is 1. The van der Waals surface area contributed by atoms with E-state index in [1.807, 2.05) is 0 Å². The number of aryl methyl sites for hydroxylation is 1. The lowest BCUT2D eigenvalue weighted by Crippen LogP contribution is -2.06. The Morgan fingerprint density at radius 1 is 1.67 bits per heavy atom. The molecular formula is C8H8N4O3. The molecule has 7 heteroatoms. The maximum atomic E-state index is 10.4. The highest BCUT2D eigenvalue weighted by Gasteiger charge is 2.10. The largest absolute Gasteiger partial charge is 0.480 e. The first-order valence-corrected chi connectivity index (χ1v) is 4.19. The van der Waals surface area contributed by atoms with Crippen molar-refractivity contribution in [1.82, 2.24) is 19.7 Å². The van der Waals surface area contributed by atoms with E-state index in [0.29, 0.717) is 11.5 Å². The Kier molecular flexibility index (Phi) is 2.20. The molecule has 0 saturated heterocycles. The summed E-state index contributed by atoms with van der Waals surface area (Å²) in [6.07, 6.45) is 2.95. The number of rotatable bonds is 3. The van der Waals surface area contributed by atoms with E-state index in [1.165, 1.54) is 10.9 Å². The summed E-state index contributed by atoms with van der Waals surface area (Å²) in [5.41, 5.74) is 0.469. The Labute approximate surface area is 84.4 Å². The molecule has 0 bridgehead atoms. The van der Waals surface area contributed by atoms with Crippen LogP contribution in [-0.2, 0) is 11.3 Å². The first-order valence-electron chi connectivity index (χ1n) is 4.19. The normalized spacial score (nSPS) is 10.5. The Bertz CT molecular complexity index is 488. The Hall–Kier alpha value is -2.18. The summed E-state index contributed by atoms with van der Waals surface area (Å²) in [5.74, 6) is -0.130. The van der Waals surface area contributed by atoms with Crippen LogP contribution in [-0.4, -0.2) is 30.8 Å². The average Bonchev–Trinajstić information content (AvgIpc) is 2.72. The number of nitrogens with zero attached hydrogens (tertiary/aromatic N) is 4. The lowest BCUT2D eigenvalue weighted by atomic mass is 10.5. The van der Waals surface area contributed by atoms with Crippen LogP contribution in [0.5, 0.6) is 0 Å². The van der Waals surface area contributed by atoms with E-state index >= 15 is 0 Å². The maximum absolute atomic E-state index is 10.4. The fourth-order valence-electron chi connectivity index (χ4n) is 1.11. The molecule has 0 unspecified atom stereocenters. The van der Waals surface area contributed by atoms with E-state index in [9.17, 15) is 4.79 Å². The van der Waals surface area contributed by atoms with Crippen molar-refractivity contribution in [2.24, 2.45) is 0 Å². The second kappa shape index (κ2) is 3.52. The third-order valence-electron chi connectivity index (χ3n) is 1.70. The van der Waals surface area contributed by atoms with Gasteiger partial charge in [-0.05, 0) is 6.92 Å².